The Morgan fingerprint density at radius 3 is 2.75 bits per heavy atom. The van der Waals surface area contributed by atoms with Crippen molar-refractivity contribution in [2.75, 3.05) is 6.61 Å². The second kappa shape index (κ2) is 5.08. The quantitative estimate of drug-likeness (QED) is 0.587. The van der Waals surface area contributed by atoms with E-state index in [2.05, 4.69) is 6.58 Å². The van der Waals surface area contributed by atoms with Crippen molar-refractivity contribution < 1.29 is 11.2 Å². The summed E-state index contributed by atoms with van der Waals surface area (Å²) in [5.74, 6) is 0.133. The van der Waals surface area contributed by atoms with Gasteiger partial charge in [0, 0.05) is 12.3 Å². The summed E-state index contributed by atoms with van der Waals surface area (Å²) in [6, 6.07) is 0. The first kappa shape index (κ1) is 11.2. The van der Waals surface area contributed by atoms with Gasteiger partial charge in [-0.25, -0.2) is 0 Å². The zero-order valence-corrected chi connectivity index (χ0v) is 10.7. The van der Waals surface area contributed by atoms with Gasteiger partial charge in [0.2, 0.25) is 0 Å². The number of halogens is 2. The zero-order chi connectivity index (χ0) is 9.14. The van der Waals surface area contributed by atoms with Crippen molar-refractivity contribution in [3.63, 3.8) is 0 Å². The number of hydrogen-bond acceptors (Lipinski definition) is 3. The van der Waals surface area contributed by atoms with Gasteiger partial charge in [0.25, 0.3) is 0 Å². The van der Waals surface area contributed by atoms with Crippen LogP contribution < -0.4 is 0 Å². The predicted octanol–water partition coefficient (Wildman–Crippen LogP) is 2.03. The molecule has 3 atom stereocenters. The molecule has 0 aromatic rings. The number of hydrogen-bond donors (Lipinski definition) is 1. The van der Waals surface area contributed by atoms with Crippen LogP contribution in [-0.2, 0) is 6.13 Å². The topological polar surface area (TPSA) is 38.7 Å². The van der Waals surface area contributed by atoms with E-state index >= 15 is 0 Å². The van der Waals surface area contributed by atoms with Gasteiger partial charge in [0.05, 0.1) is 18.8 Å². The third kappa shape index (κ3) is 2.31. The first-order valence-electron chi connectivity index (χ1n) is 3.58. The van der Waals surface area contributed by atoms with Crippen molar-refractivity contribution in [3.8, 4) is 0 Å². The van der Waals surface area contributed by atoms with Crippen LogP contribution >= 0.6 is 46.0 Å². The summed E-state index contributed by atoms with van der Waals surface area (Å²) in [4.78, 5) is 0. The summed E-state index contributed by atoms with van der Waals surface area (Å²) >= 11 is 3.69. The molecule has 12 heavy (non-hydrogen) atoms. The minimum Gasteiger partial charge on any atom is -0.389 e. The van der Waals surface area contributed by atoms with Crippen LogP contribution in [0.3, 0.4) is 0 Å². The van der Waals surface area contributed by atoms with E-state index in [4.69, 9.17) is 6.13 Å². The maximum atomic E-state index is 9.46. The lowest BCUT2D eigenvalue weighted by Gasteiger charge is -2.15. The Labute approximate surface area is 99.9 Å². The van der Waals surface area contributed by atoms with Crippen molar-refractivity contribution in [2.24, 2.45) is 5.92 Å². The predicted molar refractivity (Wildman–Crippen MR) is 62.1 cm³/mol. The molecule has 0 aliphatic heterocycles. The van der Waals surface area contributed by atoms with Crippen molar-refractivity contribution in [1.82, 2.24) is 0 Å². The molecule has 0 aromatic carbocycles. The van der Waals surface area contributed by atoms with Crippen LogP contribution in [0.5, 0.6) is 0 Å². The molecule has 1 fully saturated rings. The minimum absolute atomic E-state index is 0.0443. The molecule has 5 heteroatoms. The Kier molecular flexibility index (Phi) is 4.73. The Morgan fingerprint density at radius 1 is 1.58 bits per heavy atom. The third-order valence-electron chi connectivity index (χ3n) is 2.17. The van der Waals surface area contributed by atoms with Gasteiger partial charge in [-0.1, -0.05) is 6.58 Å². The molecule has 1 saturated carbocycles. The molecular formula is C7H10I2O3. The van der Waals surface area contributed by atoms with Crippen LogP contribution in [0.25, 0.3) is 0 Å². The van der Waals surface area contributed by atoms with Crippen LogP contribution in [0, 0.1) is 5.92 Å². The fourth-order valence-corrected chi connectivity index (χ4v) is 2.35. The van der Waals surface area contributed by atoms with Crippen molar-refractivity contribution in [2.45, 2.75) is 18.6 Å². The molecule has 0 aromatic heterocycles. The minimum atomic E-state index is -0.429. The molecule has 0 saturated heterocycles. The summed E-state index contributed by atoms with van der Waals surface area (Å²) in [5, 5.41) is 9.46. The highest BCUT2D eigenvalue weighted by Gasteiger charge is 2.37. The van der Waals surface area contributed by atoms with E-state index in [1.54, 1.807) is 0 Å². The normalized spacial score (nSPS) is 35.9. The van der Waals surface area contributed by atoms with E-state index in [1.807, 2.05) is 46.0 Å². The first-order chi connectivity index (χ1) is 5.70. The summed E-state index contributed by atoms with van der Waals surface area (Å²) in [5.41, 5.74) is 0.827. The fourth-order valence-electron chi connectivity index (χ4n) is 1.40. The molecule has 0 amide bonds. The zero-order valence-electron chi connectivity index (χ0n) is 6.37. The van der Waals surface area contributed by atoms with Crippen LogP contribution in [0.2, 0.25) is 0 Å². The van der Waals surface area contributed by atoms with E-state index in [1.165, 1.54) is 0 Å². The smallest absolute Gasteiger partial charge is 0.110 e. The van der Waals surface area contributed by atoms with E-state index in [9.17, 15) is 5.11 Å². The second-order valence-corrected chi connectivity index (χ2v) is 3.97. The molecule has 1 aliphatic carbocycles. The molecule has 0 heterocycles. The molecule has 0 unspecified atom stereocenters. The average Bonchev–Trinajstić information content (AvgIpc) is 2.33. The van der Waals surface area contributed by atoms with Gasteiger partial charge in [0.1, 0.15) is 46.0 Å². The van der Waals surface area contributed by atoms with Crippen molar-refractivity contribution >= 4 is 46.0 Å². The molecule has 1 N–H and O–H groups in total. The fraction of sp³-hybridized carbons (Fsp3) is 0.714. The van der Waals surface area contributed by atoms with Crippen molar-refractivity contribution in [1.29, 1.82) is 0 Å². The Morgan fingerprint density at radius 2 is 2.25 bits per heavy atom. The molecule has 1 rings (SSSR count). The highest BCUT2D eigenvalue weighted by molar-refractivity contribution is 14.1. The highest BCUT2D eigenvalue weighted by Crippen LogP contribution is 2.34. The lowest BCUT2D eigenvalue weighted by Crippen LogP contribution is -2.18. The lowest BCUT2D eigenvalue weighted by atomic mass is 10.0. The molecule has 0 bridgehead atoms. The average molecular weight is 396 g/mol. The Balaban J connectivity index is 2.60. The largest absolute Gasteiger partial charge is 0.389 e. The standard InChI is InChI=1S/C7H10I2O3/c1-4-5(3-11-8)7(12-9)2-6(4)10/h5-7,10H,1-3H2/t5-,6+,7-/m0/s1. The van der Waals surface area contributed by atoms with Gasteiger partial charge in [0.15, 0.2) is 0 Å². The monoisotopic (exact) mass is 396 g/mol. The van der Waals surface area contributed by atoms with Crippen LogP contribution in [0.4, 0.5) is 0 Å². The molecule has 0 spiro atoms. The second-order valence-electron chi connectivity index (χ2n) is 2.84. The summed E-state index contributed by atoms with van der Waals surface area (Å²) in [7, 11) is 0. The van der Waals surface area contributed by atoms with E-state index in [0.29, 0.717) is 13.0 Å². The maximum Gasteiger partial charge on any atom is 0.110 e. The van der Waals surface area contributed by atoms with E-state index in [0.717, 1.165) is 5.57 Å². The highest BCUT2D eigenvalue weighted by atomic mass is 127. The summed E-state index contributed by atoms with van der Waals surface area (Å²) in [6.07, 6.45) is 0.246. The Hall–Kier alpha value is 1.08. The number of aliphatic hydroxyl groups is 1. The molecule has 3 nitrogen and oxygen atoms in total. The van der Waals surface area contributed by atoms with Gasteiger partial charge in [-0.05, 0) is 5.57 Å². The third-order valence-corrected chi connectivity index (χ3v) is 3.18. The van der Waals surface area contributed by atoms with Gasteiger partial charge in [-0.3, -0.25) is 0 Å². The Bertz CT molecular complexity index is 174. The number of aliphatic hydroxyl groups excluding tert-OH is 1. The maximum absolute atomic E-state index is 9.46. The van der Waals surface area contributed by atoms with Crippen LogP contribution in [0.1, 0.15) is 6.42 Å². The molecule has 0 radical (unpaired) electrons. The molecular weight excluding hydrogens is 386 g/mol. The van der Waals surface area contributed by atoms with Crippen LogP contribution in [-0.4, -0.2) is 23.9 Å². The van der Waals surface area contributed by atoms with Crippen LogP contribution in [0.15, 0.2) is 12.2 Å². The summed E-state index contributed by atoms with van der Waals surface area (Å²) < 4.78 is 10.2. The van der Waals surface area contributed by atoms with Gasteiger partial charge >= 0.3 is 0 Å². The van der Waals surface area contributed by atoms with Gasteiger partial charge < -0.3 is 11.2 Å². The number of rotatable bonds is 3. The van der Waals surface area contributed by atoms with E-state index in [-0.39, 0.29) is 12.0 Å². The van der Waals surface area contributed by atoms with Gasteiger partial charge in [-0.15, -0.1) is 0 Å². The van der Waals surface area contributed by atoms with Gasteiger partial charge in [-0.2, -0.15) is 0 Å². The van der Waals surface area contributed by atoms with E-state index < -0.39 is 6.10 Å². The SMILES string of the molecule is C=C1[C@H](O)C[C@H](OI)[C@H]1COI. The first-order valence-corrected chi connectivity index (χ1v) is 5.34. The lowest BCUT2D eigenvalue weighted by molar-refractivity contribution is 0.170. The molecule has 1 aliphatic rings. The van der Waals surface area contributed by atoms with Crippen molar-refractivity contribution in [3.05, 3.63) is 12.2 Å². The molecule has 70 valence electrons. The summed E-state index contributed by atoms with van der Waals surface area (Å²) in [6.45, 7) is 4.38.